The molecular weight excluding hydrogens is 389 g/mol. The SMILES string of the molecule is Cc1ccc(Nc2ncnc(Nc3ccc(Cl)cc3Cl)c2[N+](=O)[O-])cc1C. The lowest BCUT2D eigenvalue weighted by molar-refractivity contribution is -0.383. The molecule has 7 nitrogen and oxygen atoms in total. The normalized spacial score (nSPS) is 10.5. The van der Waals surface area contributed by atoms with Crippen molar-refractivity contribution in [3.8, 4) is 0 Å². The van der Waals surface area contributed by atoms with Crippen LogP contribution in [0.3, 0.4) is 0 Å². The van der Waals surface area contributed by atoms with Gasteiger partial charge >= 0.3 is 5.69 Å². The van der Waals surface area contributed by atoms with E-state index in [1.807, 2.05) is 32.0 Å². The minimum Gasteiger partial charge on any atom is -0.334 e. The van der Waals surface area contributed by atoms with E-state index in [0.29, 0.717) is 21.4 Å². The molecule has 27 heavy (non-hydrogen) atoms. The molecule has 0 aliphatic heterocycles. The highest BCUT2D eigenvalue weighted by molar-refractivity contribution is 6.36. The first-order valence-electron chi connectivity index (χ1n) is 7.91. The van der Waals surface area contributed by atoms with Crippen LogP contribution in [0.2, 0.25) is 10.0 Å². The Morgan fingerprint density at radius 3 is 2.30 bits per heavy atom. The van der Waals surface area contributed by atoms with Gasteiger partial charge in [0.25, 0.3) is 0 Å². The molecular formula is C18H15Cl2N5O2. The smallest absolute Gasteiger partial charge is 0.334 e. The van der Waals surface area contributed by atoms with E-state index in [9.17, 15) is 10.1 Å². The van der Waals surface area contributed by atoms with Gasteiger partial charge in [-0.2, -0.15) is 0 Å². The summed E-state index contributed by atoms with van der Waals surface area (Å²) in [6, 6.07) is 10.4. The van der Waals surface area contributed by atoms with E-state index < -0.39 is 4.92 Å². The van der Waals surface area contributed by atoms with Crippen molar-refractivity contribution in [2.75, 3.05) is 10.6 Å². The molecule has 3 aromatic rings. The third-order valence-corrected chi connectivity index (χ3v) is 4.51. The number of nitro groups is 1. The third-order valence-electron chi connectivity index (χ3n) is 3.96. The van der Waals surface area contributed by atoms with Crippen LogP contribution in [-0.2, 0) is 0 Å². The maximum absolute atomic E-state index is 11.7. The maximum atomic E-state index is 11.7. The van der Waals surface area contributed by atoms with Gasteiger partial charge in [0, 0.05) is 10.7 Å². The van der Waals surface area contributed by atoms with Crippen LogP contribution in [0.15, 0.2) is 42.7 Å². The van der Waals surface area contributed by atoms with Gasteiger partial charge in [-0.3, -0.25) is 10.1 Å². The number of hydrogen-bond donors (Lipinski definition) is 2. The minimum absolute atomic E-state index is 0.0190. The van der Waals surface area contributed by atoms with Crippen molar-refractivity contribution in [2.45, 2.75) is 13.8 Å². The number of nitrogens with zero attached hydrogens (tertiary/aromatic N) is 3. The number of aryl methyl sites for hydroxylation is 2. The molecule has 1 heterocycles. The van der Waals surface area contributed by atoms with Crippen molar-refractivity contribution in [3.63, 3.8) is 0 Å². The monoisotopic (exact) mass is 403 g/mol. The molecule has 0 aliphatic rings. The summed E-state index contributed by atoms with van der Waals surface area (Å²) in [5, 5.41) is 18.3. The summed E-state index contributed by atoms with van der Waals surface area (Å²) in [4.78, 5) is 19.2. The Kier molecular flexibility index (Phi) is 5.43. The van der Waals surface area contributed by atoms with Crippen molar-refractivity contribution in [1.29, 1.82) is 0 Å². The predicted molar refractivity (Wildman–Crippen MR) is 108 cm³/mol. The average molecular weight is 404 g/mol. The predicted octanol–water partition coefficient (Wildman–Crippen LogP) is 5.80. The lowest BCUT2D eigenvalue weighted by atomic mass is 10.1. The van der Waals surface area contributed by atoms with Crippen molar-refractivity contribution in [2.24, 2.45) is 0 Å². The van der Waals surface area contributed by atoms with Crippen LogP contribution in [0.4, 0.5) is 28.7 Å². The number of halogens is 2. The van der Waals surface area contributed by atoms with Gasteiger partial charge in [-0.15, -0.1) is 0 Å². The average Bonchev–Trinajstić information content (AvgIpc) is 2.60. The summed E-state index contributed by atoms with van der Waals surface area (Å²) in [7, 11) is 0. The highest BCUT2D eigenvalue weighted by Gasteiger charge is 2.24. The molecule has 0 saturated carbocycles. The largest absolute Gasteiger partial charge is 0.353 e. The van der Waals surface area contributed by atoms with Crippen LogP contribution in [-0.4, -0.2) is 14.9 Å². The molecule has 138 valence electrons. The van der Waals surface area contributed by atoms with Gasteiger partial charge in [-0.05, 0) is 55.3 Å². The fraction of sp³-hybridized carbons (Fsp3) is 0.111. The molecule has 0 fully saturated rings. The van der Waals surface area contributed by atoms with Crippen molar-refractivity contribution >= 4 is 51.9 Å². The van der Waals surface area contributed by atoms with Gasteiger partial charge in [-0.25, -0.2) is 9.97 Å². The standard InChI is InChI=1S/C18H15Cl2N5O2/c1-10-3-5-13(7-11(10)2)23-17-16(25(26)27)18(22-9-21-17)24-15-6-4-12(19)8-14(15)20/h3-9H,1-2H3,(H2,21,22,23,24). The highest BCUT2D eigenvalue weighted by Crippen LogP contribution is 2.35. The van der Waals surface area contributed by atoms with E-state index in [4.69, 9.17) is 23.2 Å². The Hall–Kier alpha value is -2.90. The fourth-order valence-electron chi connectivity index (χ4n) is 2.41. The molecule has 0 spiro atoms. The lowest BCUT2D eigenvalue weighted by Gasteiger charge is -2.12. The number of anilines is 4. The molecule has 0 unspecified atom stereocenters. The number of rotatable bonds is 5. The Balaban J connectivity index is 1.99. The van der Waals surface area contributed by atoms with E-state index in [2.05, 4.69) is 20.6 Å². The maximum Gasteiger partial charge on any atom is 0.353 e. The number of aromatic nitrogens is 2. The number of hydrogen-bond acceptors (Lipinski definition) is 6. The summed E-state index contributed by atoms with van der Waals surface area (Å²) in [5.41, 5.74) is 3.03. The first kappa shape index (κ1) is 18.9. The van der Waals surface area contributed by atoms with E-state index in [-0.39, 0.29) is 17.3 Å². The summed E-state index contributed by atoms with van der Waals surface area (Å²) in [5.74, 6) is 0.0939. The quantitative estimate of drug-likeness (QED) is 0.413. The molecule has 0 radical (unpaired) electrons. The molecule has 9 heteroatoms. The van der Waals surface area contributed by atoms with Gasteiger partial charge in [-0.1, -0.05) is 29.3 Å². The van der Waals surface area contributed by atoms with E-state index >= 15 is 0 Å². The Morgan fingerprint density at radius 2 is 1.67 bits per heavy atom. The zero-order valence-corrected chi connectivity index (χ0v) is 16.0. The van der Waals surface area contributed by atoms with Crippen LogP contribution in [0, 0.1) is 24.0 Å². The summed E-state index contributed by atoms with van der Waals surface area (Å²) in [6.07, 6.45) is 1.24. The molecule has 0 saturated heterocycles. The highest BCUT2D eigenvalue weighted by atomic mass is 35.5. The van der Waals surface area contributed by atoms with Gasteiger partial charge in [0.15, 0.2) is 0 Å². The van der Waals surface area contributed by atoms with E-state index in [1.165, 1.54) is 12.4 Å². The van der Waals surface area contributed by atoms with Crippen LogP contribution in [0.5, 0.6) is 0 Å². The number of nitrogens with one attached hydrogen (secondary N) is 2. The molecule has 0 bridgehead atoms. The molecule has 0 atom stereocenters. The Bertz CT molecular complexity index is 1030. The summed E-state index contributed by atoms with van der Waals surface area (Å²) in [6.45, 7) is 3.95. The zero-order valence-electron chi connectivity index (χ0n) is 14.5. The summed E-state index contributed by atoms with van der Waals surface area (Å²) < 4.78 is 0. The Labute approximate surface area is 165 Å². The van der Waals surface area contributed by atoms with Crippen molar-refractivity contribution in [3.05, 3.63) is 74.0 Å². The zero-order chi connectivity index (χ0) is 19.6. The second-order valence-corrected chi connectivity index (χ2v) is 6.69. The first-order valence-corrected chi connectivity index (χ1v) is 8.66. The van der Waals surface area contributed by atoms with Crippen LogP contribution in [0.1, 0.15) is 11.1 Å². The van der Waals surface area contributed by atoms with Gasteiger partial charge in [0.2, 0.25) is 11.6 Å². The van der Waals surface area contributed by atoms with Gasteiger partial charge in [0.05, 0.1) is 15.6 Å². The number of benzene rings is 2. The molecule has 2 N–H and O–H groups in total. The minimum atomic E-state index is -0.546. The van der Waals surface area contributed by atoms with E-state index in [0.717, 1.165) is 11.1 Å². The summed E-state index contributed by atoms with van der Waals surface area (Å²) >= 11 is 12.0. The lowest BCUT2D eigenvalue weighted by Crippen LogP contribution is -2.06. The molecule has 0 aliphatic carbocycles. The molecule has 1 aromatic heterocycles. The second-order valence-electron chi connectivity index (χ2n) is 5.85. The third kappa shape index (κ3) is 4.27. The topological polar surface area (TPSA) is 93.0 Å². The molecule has 3 rings (SSSR count). The van der Waals surface area contributed by atoms with Crippen molar-refractivity contribution in [1.82, 2.24) is 9.97 Å². The Morgan fingerprint density at radius 1 is 0.963 bits per heavy atom. The van der Waals surface area contributed by atoms with Crippen LogP contribution >= 0.6 is 23.2 Å². The van der Waals surface area contributed by atoms with Gasteiger partial charge in [0.1, 0.15) is 6.33 Å². The molecule has 2 aromatic carbocycles. The van der Waals surface area contributed by atoms with Crippen molar-refractivity contribution < 1.29 is 4.92 Å². The van der Waals surface area contributed by atoms with Crippen LogP contribution in [0.25, 0.3) is 0 Å². The fourth-order valence-corrected chi connectivity index (χ4v) is 2.86. The van der Waals surface area contributed by atoms with E-state index in [1.54, 1.807) is 12.1 Å². The van der Waals surface area contributed by atoms with Gasteiger partial charge < -0.3 is 10.6 Å². The second kappa shape index (κ2) is 7.77. The first-order chi connectivity index (χ1) is 12.8. The molecule has 0 amide bonds. The van der Waals surface area contributed by atoms with Crippen LogP contribution < -0.4 is 10.6 Å².